The first-order chi connectivity index (χ1) is 23.9. The summed E-state index contributed by atoms with van der Waals surface area (Å²) in [4.78, 5) is 0. The lowest BCUT2D eigenvalue weighted by molar-refractivity contribution is -0.0397. The van der Waals surface area contributed by atoms with Gasteiger partial charge < -0.3 is 37.9 Å². The Morgan fingerprint density at radius 2 is 0.625 bits per heavy atom. The summed E-state index contributed by atoms with van der Waals surface area (Å²) in [5.74, 6) is 0. The van der Waals surface area contributed by atoms with Gasteiger partial charge >= 0.3 is 0 Å². The van der Waals surface area contributed by atoms with Crippen molar-refractivity contribution in [3.63, 3.8) is 0 Å². The van der Waals surface area contributed by atoms with Gasteiger partial charge in [-0.3, -0.25) is 0 Å². The van der Waals surface area contributed by atoms with Crippen LogP contribution in [0.15, 0.2) is 91.0 Å². The van der Waals surface area contributed by atoms with Crippen molar-refractivity contribution < 1.29 is 37.9 Å². The van der Waals surface area contributed by atoms with Crippen LogP contribution in [0, 0.1) is 0 Å². The Bertz CT molecular complexity index is 1030. The first-order valence-electron chi connectivity index (χ1n) is 17.3. The number of alkyl halides is 1. The van der Waals surface area contributed by atoms with Crippen LogP contribution in [0.4, 0.5) is 0 Å². The summed E-state index contributed by atoms with van der Waals surface area (Å²) in [5.41, 5.74) is 2.48. The highest BCUT2D eigenvalue weighted by molar-refractivity contribution is 14.1. The Kier molecular flexibility index (Phi) is 23.5. The van der Waals surface area contributed by atoms with Crippen LogP contribution in [-0.4, -0.2) is 104 Å². The van der Waals surface area contributed by atoms with E-state index < -0.39 is 5.60 Å². The van der Waals surface area contributed by atoms with E-state index in [1.807, 2.05) is 54.6 Å². The molecule has 0 saturated heterocycles. The van der Waals surface area contributed by atoms with Gasteiger partial charge in [0.15, 0.2) is 0 Å². The molecule has 3 aromatic rings. The fraction of sp³-hybridized carbons (Fsp3) is 0.538. The van der Waals surface area contributed by atoms with Crippen molar-refractivity contribution in [2.45, 2.75) is 31.3 Å². The second kappa shape index (κ2) is 27.8. The molecule has 8 nitrogen and oxygen atoms in total. The quantitative estimate of drug-likeness (QED) is 0.0297. The van der Waals surface area contributed by atoms with E-state index in [9.17, 15) is 0 Å². The van der Waals surface area contributed by atoms with E-state index >= 15 is 0 Å². The van der Waals surface area contributed by atoms with Crippen molar-refractivity contribution in [2.75, 3.05) is 104 Å². The Labute approximate surface area is 301 Å². The minimum atomic E-state index is -0.741. The highest BCUT2D eigenvalue weighted by Crippen LogP contribution is 2.40. The summed E-state index contributed by atoms with van der Waals surface area (Å²) in [5, 5.41) is 0. The molecule has 9 heteroatoms. The van der Waals surface area contributed by atoms with Crippen molar-refractivity contribution in [1.29, 1.82) is 0 Å². The number of halogens is 1. The minimum Gasteiger partial charge on any atom is -0.379 e. The van der Waals surface area contributed by atoms with E-state index in [4.69, 9.17) is 37.9 Å². The third-order valence-corrected chi connectivity index (χ3v) is 8.25. The number of unbranched alkanes of at least 4 members (excludes halogenated alkanes) is 3. The molecule has 0 N–H and O–H groups in total. The zero-order valence-electron chi connectivity index (χ0n) is 28.4. The molecule has 48 heavy (non-hydrogen) atoms. The molecule has 3 aromatic carbocycles. The molecule has 0 heterocycles. The lowest BCUT2D eigenvalue weighted by atomic mass is 9.80. The topological polar surface area (TPSA) is 73.8 Å². The Morgan fingerprint density at radius 1 is 0.333 bits per heavy atom. The standard InChI is InChI=1S/C39H55IO8/c40-20-12-1-2-13-21-41-22-23-42-24-25-43-26-27-44-28-29-45-30-31-46-32-33-47-34-35-48-39(36-14-6-3-7-15-36,37-16-8-4-9-17-37)38-18-10-5-11-19-38/h3-11,14-19H,1-2,12-13,20-35H2. The smallest absolute Gasteiger partial charge is 0.143 e. The average molecular weight is 779 g/mol. The molecule has 0 aliphatic carbocycles. The van der Waals surface area contributed by atoms with Gasteiger partial charge in [-0.2, -0.15) is 0 Å². The summed E-state index contributed by atoms with van der Waals surface area (Å²) < 4.78 is 47.2. The SMILES string of the molecule is ICCCCCCOCCOCCOCCOCCOCCOCCOCCOC(c1ccccc1)(c1ccccc1)c1ccccc1. The molecule has 3 rings (SSSR count). The van der Waals surface area contributed by atoms with Crippen LogP contribution in [0.5, 0.6) is 0 Å². The summed E-state index contributed by atoms with van der Waals surface area (Å²) >= 11 is 2.42. The van der Waals surface area contributed by atoms with Gasteiger partial charge in [-0.15, -0.1) is 0 Å². The highest BCUT2D eigenvalue weighted by atomic mass is 127. The van der Waals surface area contributed by atoms with E-state index in [2.05, 4.69) is 59.0 Å². The first-order valence-corrected chi connectivity index (χ1v) is 18.8. The van der Waals surface area contributed by atoms with Crippen LogP contribution < -0.4 is 0 Å². The van der Waals surface area contributed by atoms with Crippen LogP contribution in [0.25, 0.3) is 0 Å². The molecule has 0 aliphatic heterocycles. The van der Waals surface area contributed by atoms with Crippen LogP contribution in [0.1, 0.15) is 42.4 Å². The van der Waals surface area contributed by atoms with Gasteiger partial charge in [0.05, 0.1) is 92.5 Å². The number of hydrogen-bond donors (Lipinski definition) is 0. The lowest BCUT2D eigenvalue weighted by Crippen LogP contribution is -2.34. The van der Waals surface area contributed by atoms with Crippen LogP contribution >= 0.6 is 22.6 Å². The van der Waals surface area contributed by atoms with Gasteiger partial charge in [0, 0.05) is 6.61 Å². The van der Waals surface area contributed by atoms with Crippen LogP contribution in [-0.2, 0) is 43.5 Å². The van der Waals surface area contributed by atoms with Crippen LogP contribution in [0.2, 0.25) is 0 Å². The van der Waals surface area contributed by atoms with Crippen LogP contribution in [0.3, 0.4) is 0 Å². The normalized spacial score (nSPS) is 11.7. The van der Waals surface area contributed by atoms with E-state index in [0.29, 0.717) is 92.5 Å². The maximum atomic E-state index is 6.73. The lowest BCUT2D eigenvalue weighted by Gasteiger charge is -2.36. The van der Waals surface area contributed by atoms with Gasteiger partial charge in [0.2, 0.25) is 0 Å². The molecule has 0 amide bonds. The molecule has 0 fully saturated rings. The fourth-order valence-electron chi connectivity index (χ4n) is 5.10. The first kappa shape index (κ1) is 40.5. The molecule has 0 aromatic heterocycles. The third-order valence-electron chi connectivity index (χ3n) is 7.49. The van der Waals surface area contributed by atoms with E-state index in [0.717, 1.165) is 29.7 Å². The molecule has 0 saturated carbocycles. The van der Waals surface area contributed by atoms with Crippen molar-refractivity contribution >= 4 is 22.6 Å². The Balaban J connectivity index is 1.14. The fourth-order valence-corrected chi connectivity index (χ4v) is 5.64. The number of hydrogen-bond acceptors (Lipinski definition) is 8. The second-order valence-corrected chi connectivity index (χ2v) is 12.1. The number of rotatable bonds is 31. The number of ether oxygens (including phenoxy) is 8. The zero-order valence-corrected chi connectivity index (χ0v) is 30.6. The minimum absolute atomic E-state index is 0.426. The molecule has 0 aliphatic rings. The van der Waals surface area contributed by atoms with Crippen molar-refractivity contribution in [2.24, 2.45) is 0 Å². The van der Waals surface area contributed by atoms with E-state index in [1.165, 1.54) is 23.7 Å². The summed E-state index contributed by atoms with van der Waals surface area (Å²) in [7, 11) is 0. The zero-order chi connectivity index (χ0) is 33.6. The molecule has 0 atom stereocenters. The van der Waals surface area contributed by atoms with E-state index in [1.54, 1.807) is 0 Å². The average Bonchev–Trinajstić information content (AvgIpc) is 3.14. The third kappa shape index (κ3) is 16.7. The summed E-state index contributed by atoms with van der Waals surface area (Å²) in [6.07, 6.45) is 4.98. The molecule has 266 valence electrons. The summed E-state index contributed by atoms with van der Waals surface area (Å²) in [6.45, 7) is 8.19. The molecular formula is C39H55IO8. The maximum absolute atomic E-state index is 6.73. The predicted molar refractivity (Wildman–Crippen MR) is 198 cm³/mol. The van der Waals surface area contributed by atoms with Crippen molar-refractivity contribution in [3.05, 3.63) is 108 Å². The monoisotopic (exact) mass is 778 g/mol. The molecule has 0 unspecified atom stereocenters. The van der Waals surface area contributed by atoms with Gasteiger partial charge in [0.1, 0.15) is 5.60 Å². The summed E-state index contributed by atoms with van der Waals surface area (Å²) in [6, 6.07) is 31.1. The second-order valence-electron chi connectivity index (χ2n) is 11.0. The van der Waals surface area contributed by atoms with Gasteiger partial charge in [0.25, 0.3) is 0 Å². The predicted octanol–water partition coefficient (Wildman–Crippen LogP) is 7.11. The van der Waals surface area contributed by atoms with Gasteiger partial charge in [-0.05, 0) is 34.0 Å². The number of benzene rings is 3. The maximum Gasteiger partial charge on any atom is 0.143 e. The molecule has 0 spiro atoms. The molecule has 0 radical (unpaired) electrons. The van der Waals surface area contributed by atoms with Gasteiger partial charge in [-0.1, -0.05) is 126 Å². The van der Waals surface area contributed by atoms with E-state index in [-0.39, 0.29) is 0 Å². The Hall–Kier alpha value is -1.93. The molecular weight excluding hydrogens is 723 g/mol. The van der Waals surface area contributed by atoms with Gasteiger partial charge in [-0.25, -0.2) is 0 Å². The van der Waals surface area contributed by atoms with Crippen molar-refractivity contribution in [3.8, 4) is 0 Å². The Morgan fingerprint density at radius 3 is 0.958 bits per heavy atom. The molecule has 0 bridgehead atoms. The van der Waals surface area contributed by atoms with Crippen molar-refractivity contribution in [1.82, 2.24) is 0 Å². The largest absolute Gasteiger partial charge is 0.379 e. The highest BCUT2D eigenvalue weighted by Gasteiger charge is 2.37.